The van der Waals surface area contributed by atoms with Crippen LogP contribution in [0, 0.1) is 18.9 Å². The number of Topliss-reactive ketones (excluding diaryl/α,β-unsaturated/α-hetero) is 1. The molecule has 1 aromatic rings. The number of hydrogen-bond acceptors (Lipinski definition) is 2. The average Bonchev–Trinajstić information content (AvgIpc) is 2.89. The third-order valence-corrected chi connectivity index (χ3v) is 3.61. The van der Waals surface area contributed by atoms with Gasteiger partial charge in [-0.25, -0.2) is 0 Å². The van der Waals surface area contributed by atoms with Gasteiger partial charge in [-0.15, -0.1) is 0 Å². The molecule has 0 unspecified atom stereocenters. The minimum Gasteiger partial charge on any atom is -0.332 e. The Morgan fingerprint density at radius 3 is 2.58 bits per heavy atom. The molecule has 19 heavy (non-hydrogen) atoms. The molecular formula is C17H21NO. The van der Waals surface area contributed by atoms with Gasteiger partial charge < -0.3 is 4.90 Å². The van der Waals surface area contributed by atoms with E-state index in [0.717, 1.165) is 24.2 Å². The Hall–Kier alpha value is -1.75. The Morgan fingerprint density at radius 1 is 1.26 bits per heavy atom. The number of benzene rings is 1. The third kappa shape index (κ3) is 3.38. The van der Waals surface area contributed by atoms with Crippen molar-refractivity contribution in [2.24, 2.45) is 0 Å². The van der Waals surface area contributed by atoms with Gasteiger partial charge >= 0.3 is 0 Å². The lowest BCUT2D eigenvalue weighted by atomic mass is 9.96. The van der Waals surface area contributed by atoms with Gasteiger partial charge in [0, 0.05) is 24.7 Å². The Bertz CT molecular complexity index is 528. The first-order valence-electron chi connectivity index (χ1n) is 6.99. The van der Waals surface area contributed by atoms with E-state index in [1.807, 2.05) is 24.0 Å². The van der Waals surface area contributed by atoms with E-state index in [-0.39, 0.29) is 5.78 Å². The summed E-state index contributed by atoms with van der Waals surface area (Å²) in [6, 6.07) is 9.08. The van der Waals surface area contributed by atoms with Gasteiger partial charge in [0.1, 0.15) is 0 Å². The quantitative estimate of drug-likeness (QED) is 0.596. The van der Waals surface area contributed by atoms with Gasteiger partial charge in [0.2, 0.25) is 5.78 Å². The molecule has 100 valence electrons. The number of rotatable bonds is 2. The minimum absolute atomic E-state index is 0.0631. The first kappa shape index (κ1) is 13.7. The van der Waals surface area contributed by atoms with Gasteiger partial charge in [-0.05, 0) is 48.8 Å². The Labute approximate surface area is 115 Å². The molecule has 1 aromatic carbocycles. The van der Waals surface area contributed by atoms with Gasteiger partial charge in [0.25, 0.3) is 0 Å². The van der Waals surface area contributed by atoms with Crippen molar-refractivity contribution in [3.63, 3.8) is 0 Å². The highest BCUT2D eigenvalue weighted by Crippen LogP contribution is 2.19. The zero-order chi connectivity index (χ0) is 13.8. The summed E-state index contributed by atoms with van der Waals surface area (Å²) < 4.78 is 0. The molecule has 0 saturated carbocycles. The Kier molecular flexibility index (Phi) is 4.27. The summed E-state index contributed by atoms with van der Waals surface area (Å²) in [4.78, 5) is 14.2. The van der Waals surface area contributed by atoms with Crippen LogP contribution in [0.15, 0.2) is 18.2 Å². The number of carbonyl (C=O) groups excluding carboxylic acids is 1. The van der Waals surface area contributed by atoms with E-state index in [1.165, 1.54) is 18.4 Å². The van der Waals surface area contributed by atoms with Crippen molar-refractivity contribution in [2.75, 3.05) is 13.1 Å². The first-order valence-corrected chi connectivity index (χ1v) is 6.99. The lowest BCUT2D eigenvalue weighted by molar-refractivity contribution is 0.105. The van der Waals surface area contributed by atoms with Crippen molar-refractivity contribution in [2.45, 2.75) is 39.5 Å². The van der Waals surface area contributed by atoms with E-state index in [1.54, 1.807) is 0 Å². The second kappa shape index (κ2) is 5.93. The zero-order valence-electron chi connectivity index (χ0n) is 12.0. The highest BCUT2D eigenvalue weighted by atomic mass is 16.1. The molecule has 2 rings (SSSR count). The summed E-state index contributed by atoms with van der Waals surface area (Å²) in [6.45, 7) is 8.22. The predicted molar refractivity (Wildman–Crippen MR) is 78.2 cm³/mol. The molecule has 0 atom stereocenters. The summed E-state index contributed by atoms with van der Waals surface area (Å²) in [7, 11) is 0. The summed E-state index contributed by atoms with van der Waals surface area (Å²) in [5.41, 5.74) is 2.94. The zero-order valence-corrected chi connectivity index (χ0v) is 12.0. The molecule has 1 aliphatic heterocycles. The molecule has 1 aliphatic rings. The standard InChI is InChI=1S/C17H21NO/c1-13(2)15-7-6-14(3)16(12-15)17(19)8-11-18-9-4-5-10-18/h6-7,12-13H,4-5,9-10H2,1-3H3. The van der Waals surface area contributed by atoms with Crippen molar-refractivity contribution in [1.29, 1.82) is 0 Å². The van der Waals surface area contributed by atoms with Crippen molar-refractivity contribution < 1.29 is 4.79 Å². The Morgan fingerprint density at radius 2 is 1.95 bits per heavy atom. The summed E-state index contributed by atoms with van der Waals surface area (Å²) in [5, 5.41) is 0. The molecule has 0 amide bonds. The normalized spacial score (nSPS) is 14.4. The lowest BCUT2D eigenvalue weighted by Crippen LogP contribution is -2.12. The fraction of sp³-hybridized carbons (Fsp3) is 0.471. The predicted octanol–water partition coefficient (Wildman–Crippen LogP) is 3.36. The van der Waals surface area contributed by atoms with Gasteiger partial charge in [-0.3, -0.25) is 4.79 Å². The minimum atomic E-state index is -0.0631. The number of aryl methyl sites for hydroxylation is 1. The van der Waals surface area contributed by atoms with Crippen molar-refractivity contribution in [3.8, 4) is 12.0 Å². The maximum absolute atomic E-state index is 12.2. The summed E-state index contributed by atoms with van der Waals surface area (Å²) in [5.74, 6) is 3.15. The lowest BCUT2D eigenvalue weighted by Gasteiger charge is -2.09. The van der Waals surface area contributed by atoms with Crippen LogP contribution in [0.2, 0.25) is 0 Å². The molecule has 0 bridgehead atoms. The molecule has 1 saturated heterocycles. The first-order chi connectivity index (χ1) is 9.08. The van der Waals surface area contributed by atoms with Crippen LogP contribution >= 0.6 is 0 Å². The molecule has 0 radical (unpaired) electrons. The number of ketones is 1. The van der Waals surface area contributed by atoms with Crippen molar-refractivity contribution >= 4 is 5.78 Å². The SMILES string of the molecule is Cc1ccc(C(C)C)cc1C(=O)C#CN1CCCC1. The average molecular weight is 255 g/mol. The van der Waals surface area contributed by atoms with Crippen LogP contribution in [0.3, 0.4) is 0 Å². The number of likely N-dealkylation sites (tertiary alicyclic amines) is 1. The van der Waals surface area contributed by atoms with Crippen molar-refractivity contribution in [3.05, 3.63) is 34.9 Å². The van der Waals surface area contributed by atoms with Crippen LogP contribution in [-0.4, -0.2) is 23.8 Å². The smallest absolute Gasteiger partial charge is 0.237 e. The van der Waals surface area contributed by atoms with Crippen LogP contribution in [0.1, 0.15) is 54.1 Å². The molecule has 0 spiro atoms. The molecule has 1 heterocycles. The fourth-order valence-electron chi connectivity index (χ4n) is 2.27. The van der Waals surface area contributed by atoms with Crippen molar-refractivity contribution in [1.82, 2.24) is 4.90 Å². The van der Waals surface area contributed by atoms with E-state index in [4.69, 9.17) is 0 Å². The molecule has 1 fully saturated rings. The highest BCUT2D eigenvalue weighted by Gasteiger charge is 2.11. The van der Waals surface area contributed by atoms with Crippen LogP contribution < -0.4 is 0 Å². The molecule has 0 N–H and O–H groups in total. The summed E-state index contributed by atoms with van der Waals surface area (Å²) >= 11 is 0. The number of carbonyl (C=O) groups is 1. The van der Waals surface area contributed by atoms with Crippen LogP contribution in [0.25, 0.3) is 0 Å². The molecule has 0 aromatic heterocycles. The molecule has 0 aliphatic carbocycles. The maximum atomic E-state index is 12.2. The van der Waals surface area contributed by atoms with E-state index in [2.05, 4.69) is 31.9 Å². The van der Waals surface area contributed by atoms with Crippen LogP contribution in [0.4, 0.5) is 0 Å². The topological polar surface area (TPSA) is 20.3 Å². The second-order valence-corrected chi connectivity index (χ2v) is 5.49. The summed E-state index contributed by atoms with van der Waals surface area (Å²) in [6.07, 6.45) is 2.37. The molecule has 2 heteroatoms. The number of hydrogen-bond donors (Lipinski definition) is 0. The fourth-order valence-corrected chi connectivity index (χ4v) is 2.27. The number of nitrogens with zero attached hydrogens (tertiary/aromatic N) is 1. The molecule has 2 nitrogen and oxygen atoms in total. The monoisotopic (exact) mass is 255 g/mol. The molecular weight excluding hydrogens is 234 g/mol. The largest absolute Gasteiger partial charge is 0.332 e. The second-order valence-electron chi connectivity index (χ2n) is 5.49. The van der Waals surface area contributed by atoms with Gasteiger partial charge in [0.15, 0.2) is 0 Å². The van der Waals surface area contributed by atoms with E-state index in [0.29, 0.717) is 5.92 Å². The van der Waals surface area contributed by atoms with Gasteiger partial charge in [-0.2, -0.15) is 0 Å². The van der Waals surface area contributed by atoms with Gasteiger partial charge in [0.05, 0.1) is 0 Å². The van der Waals surface area contributed by atoms with E-state index in [9.17, 15) is 4.79 Å². The van der Waals surface area contributed by atoms with Crippen LogP contribution in [-0.2, 0) is 0 Å². The Balaban J connectivity index is 2.20. The maximum Gasteiger partial charge on any atom is 0.237 e. The highest BCUT2D eigenvalue weighted by molar-refractivity contribution is 6.10. The van der Waals surface area contributed by atoms with E-state index >= 15 is 0 Å². The van der Waals surface area contributed by atoms with E-state index < -0.39 is 0 Å². The van der Waals surface area contributed by atoms with Gasteiger partial charge in [-0.1, -0.05) is 26.0 Å². The third-order valence-electron chi connectivity index (χ3n) is 3.61. The van der Waals surface area contributed by atoms with Crippen LogP contribution in [0.5, 0.6) is 0 Å².